The van der Waals surface area contributed by atoms with Crippen molar-refractivity contribution in [1.29, 1.82) is 0 Å². The van der Waals surface area contributed by atoms with E-state index in [1.807, 2.05) is 0 Å². The van der Waals surface area contributed by atoms with Crippen LogP contribution in [0.25, 0.3) is 0 Å². The topological polar surface area (TPSA) is 87.7 Å². The number of benzene rings is 1. The summed E-state index contributed by atoms with van der Waals surface area (Å²) < 4.78 is 18.2. The zero-order valence-electron chi connectivity index (χ0n) is 16.5. The van der Waals surface area contributed by atoms with Crippen molar-refractivity contribution in [2.45, 2.75) is 50.7 Å². The van der Waals surface area contributed by atoms with E-state index in [1.165, 1.54) is 24.3 Å². The number of nitrogens with one attached hydrogen (secondary N) is 2. The predicted molar refractivity (Wildman–Crippen MR) is 105 cm³/mol. The Morgan fingerprint density at radius 1 is 1.10 bits per heavy atom. The molecule has 0 spiro atoms. The summed E-state index contributed by atoms with van der Waals surface area (Å²) in [6.07, 6.45) is 3.75. The quantitative estimate of drug-likeness (QED) is 0.680. The minimum Gasteiger partial charge on any atom is -0.368 e. The average Bonchev–Trinajstić information content (AvgIpc) is 3.25. The molecule has 29 heavy (non-hydrogen) atoms. The molecular weight excluding hydrogens is 377 g/mol. The summed E-state index contributed by atoms with van der Waals surface area (Å²) in [7, 11) is 0. The number of hydrogen-bond donors (Lipinski definition) is 2. The fourth-order valence-electron chi connectivity index (χ4n) is 3.74. The molecule has 1 unspecified atom stereocenters. The molecule has 158 valence electrons. The number of rotatable bonds is 7. The number of nitrogens with zero attached hydrogens (tertiary/aromatic N) is 1. The van der Waals surface area contributed by atoms with E-state index in [0.717, 1.165) is 45.3 Å². The maximum absolute atomic E-state index is 12.9. The molecule has 0 radical (unpaired) electrons. The molecule has 0 saturated carbocycles. The van der Waals surface area contributed by atoms with Crippen LogP contribution in [0.1, 0.15) is 48.9 Å². The number of halogens is 1. The number of Topliss-reactive ketones (excluding diaryl/α,β-unsaturated/α-hetero) is 1. The van der Waals surface area contributed by atoms with Crippen molar-refractivity contribution in [3.05, 3.63) is 35.6 Å². The minimum atomic E-state index is -0.514. The second-order valence-electron chi connectivity index (χ2n) is 7.61. The summed E-state index contributed by atoms with van der Waals surface area (Å²) in [5.74, 6) is -0.694. The summed E-state index contributed by atoms with van der Waals surface area (Å²) in [6.45, 7) is 3.03. The van der Waals surface area contributed by atoms with Crippen molar-refractivity contribution < 1.29 is 23.5 Å². The van der Waals surface area contributed by atoms with Crippen LogP contribution in [0.5, 0.6) is 0 Å². The number of amides is 3. The number of urea groups is 1. The number of hydrogen-bond acceptors (Lipinski definition) is 5. The van der Waals surface area contributed by atoms with Crippen LogP contribution in [-0.4, -0.2) is 61.0 Å². The Morgan fingerprint density at radius 3 is 2.48 bits per heavy atom. The standard InChI is InChI=1S/C21H28FN3O4/c22-16-7-5-15(6-8-16)18(26)3-1-11-25-12-9-17(10-13-25)23-21(28)24-20(27)19-4-2-14-29-19/h5-8,17,19H,1-4,9-14H2,(H2,23,24,27,28). The Kier molecular flexibility index (Phi) is 7.71. The van der Waals surface area contributed by atoms with Gasteiger partial charge >= 0.3 is 6.03 Å². The van der Waals surface area contributed by atoms with Crippen LogP contribution >= 0.6 is 0 Å². The highest BCUT2D eigenvalue weighted by atomic mass is 19.1. The van der Waals surface area contributed by atoms with Crippen LogP contribution in [-0.2, 0) is 9.53 Å². The van der Waals surface area contributed by atoms with Gasteiger partial charge in [0.2, 0.25) is 0 Å². The number of ether oxygens (including phenoxy) is 1. The average molecular weight is 405 g/mol. The zero-order valence-corrected chi connectivity index (χ0v) is 16.5. The number of carbonyl (C=O) groups excluding carboxylic acids is 3. The lowest BCUT2D eigenvalue weighted by molar-refractivity contribution is -0.128. The molecule has 2 fully saturated rings. The second-order valence-corrected chi connectivity index (χ2v) is 7.61. The molecule has 2 N–H and O–H groups in total. The lowest BCUT2D eigenvalue weighted by Crippen LogP contribution is -2.50. The summed E-state index contributed by atoms with van der Waals surface area (Å²) in [5, 5.41) is 5.21. The van der Waals surface area contributed by atoms with E-state index >= 15 is 0 Å². The third-order valence-corrected chi connectivity index (χ3v) is 5.43. The van der Waals surface area contributed by atoms with Gasteiger partial charge in [-0.2, -0.15) is 0 Å². The largest absolute Gasteiger partial charge is 0.368 e. The molecule has 3 amide bonds. The first-order chi connectivity index (χ1) is 14.0. The van der Waals surface area contributed by atoms with Gasteiger partial charge in [0.1, 0.15) is 11.9 Å². The molecule has 1 aromatic rings. The third-order valence-electron chi connectivity index (χ3n) is 5.43. The Bertz CT molecular complexity index is 711. The van der Waals surface area contributed by atoms with E-state index in [2.05, 4.69) is 15.5 Å². The summed E-state index contributed by atoms with van der Waals surface area (Å²) in [5.41, 5.74) is 0.540. The molecule has 2 heterocycles. The molecule has 3 rings (SSSR count). The van der Waals surface area contributed by atoms with E-state index in [1.54, 1.807) is 0 Å². The van der Waals surface area contributed by atoms with Crippen molar-refractivity contribution in [2.75, 3.05) is 26.2 Å². The number of carbonyl (C=O) groups is 3. The van der Waals surface area contributed by atoms with Crippen LogP contribution in [0.15, 0.2) is 24.3 Å². The number of likely N-dealkylation sites (tertiary alicyclic amines) is 1. The number of imide groups is 1. The molecular formula is C21H28FN3O4. The van der Waals surface area contributed by atoms with Crippen molar-refractivity contribution in [1.82, 2.24) is 15.5 Å². The molecule has 1 atom stereocenters. The van der Waals surface area contributed by atoms with E-state index in [-0.39, 0.29) is 23.5 Å². The highest BCUT2D eigenvalue weighted by Crippen LogP contribution is 2.14. The van der Waals surface area contributed by atoms with Gasteiger partial charge in [0.15, 0.2) is 5.78 Å². The fourth-order valence-corrected chi connectivity index (χ4v) is 3.74. The molecule has 0 aromatic heterocycles. The monoisotopic (exact) mass is 405 g/mol. The summed E-state index contributed by atoms with van der Waals surface area (Å²) in [4.78, 5) is 38.3. The molecule has 8 heteroatoms. The van der Waals surface area contributed by atoms with Gasteiger partial charge in [-0.15, -0.1) is 0 Å². The molecule has 2 aliphatic heterocycles. The number of piperidine rings is 1. The van der Waals surface area contributed by atoms with Crippen LogP contribution in [0.4, 0.5) is 9.18 Å². The van der Waals surface area contributed by atoms with Gasteiger partial charge in [0.25, 0.3) is 5.91 Å². The first-order valence-electron chi connectivity index (χ1n) is 10.3. The third kappa shape index (κ3) is 6.61. The predicted octanol–water partition coefficient (Wildman–Crippen LogP) is 2.26. The second kappa shape index (κ2) is 10.5. The zero-order chi connectivity index (χ0) is 20.6. The van der Waals surface area contributed by atoms with Gasteiger partial charge in [-0.05, 0) is 62.9 Å². The molecule has 0 aliphatic carbocycles. The van der Waals surface area contributed by atoms with E-state index in [9.17, 15) is 18.8 Å². The Balaban J connectivity index is 1.30. The van der Waals surface area contributed by atoms with E-state index in [4.69, 9.17) is 4.74 Å². The van der Waals surface area contributed by atoms with Crippen LogP contribution in [0.3, 0.4) is 0 Å². The molecule has 2 aliphatic rings. The van der Waals surface area contributed by atoms with Gasteiger partial charge in [-0.3, -0.25) is 14.9 Å². The normalized spacial score (nSPS) is 20.4. The van der Waals surface area contributed by atoms with Crippen LogP contribution < -0.4 is 10.6 Å². The summed E-state index contributed by atoms with van der Waals surface area (Å²) >= 11 is 0. The van der Waals surface area contributed by atoms with Gasteiger partial charge < -0.3 is 15.0 Å². The van der Waals surface area contributed by atoms with Gasteiger partial charge in [-0.25, -0.2) is 9.18 Å². The fraction of sp³-hybridized carbons (Fsp3) is 0.571. The Morgan fingerprint density at radius 2 is 1.83 bits per heavy atom. The van der Waals surface area contributed by atoms with Gasteiger partial charge in [-0.1, -0.05) is 0 Å². The Labute approximate surface area is 170 Å². The highest BCUT2D eigenvalue weighted by Gasteiger charge is 2.26. The maximum atomic E-state index is 12.9. The van der Waals surface area contributed by atoms with Crippen molar-refractivity contribution >= 4 is 17.7 Å². The van der Waals surface area contributed by atoms with E-state index < -0.39 is 12.1 Å². The Hall–Kier alpha value is -2.32. The minimum absolute atomic E-state index is 0.0223. The molecule has 1 aromatic carbocycles. The van der Waals surface area contributed by atoms with Crippen molar-refractivity contribution in [3.8, 4) is 0 Å². The SMILES string of the molecule is O=C(NC(=O)C1CCCO1)NC1CCN(CCCC(=O)c2ccc(F)cc2)CC1. The van der Waals surface area contributed by atoms with Crippen molar-refractivity contribution in [2.24, 2.45) is 0 Å². The van der Waals surface area contributed by atoms with Gasteiger partial charge in [0, 0.05) is 37.7 Å². The van der Waals surface area contributed by atoms with Crippen LogP contribution in [0.2, 0.25) is 0 Å². The van der Waals surface area contributed by atoms with Crippen molar-refractivity contribution in [3.63, 3.8) is 0 Å². The smallest absolute Gasteiger partial charge is 0.321 e. The first-order valence-corrected chi connectivity index (χ1v) is 10.3. The lowest BCUT2D eigenvalue weighted by Gasteiger charge is -2.32. The maximum Gasteiger partial charge on any atom is 0.321 e. The number of ketones is 1. The molecule has 0 bridgehead atoms. The van der Waals surface area contributed by atoms with E-state index in [0.29, 0.717) is 25.0 Å². The summed E-state index contributed by atoms with van der Waals surface area (Å²) in [6, 6.07) is 5.20. The van der Waals surface area contributed by atoms with Gasteiger partial charge in [0.05, 0.1) is 0 Å². The highest BCUT2D eigenvalue weighted by molar-refractivity contribution is 5.97. The van der Waals surface area contributed by atoms with Crippen LogP contribution in [0, 0.1) is 5.82 Å². The molecule has 7 nitrogen and oxygen atoms in total. The lowest BCUT2D eigenvalue weighted by atomic mass is 10.0. The molecule has 2 saturated heterocycles. The first kappa shape index (κ1) is 21.4.